The fourth-order valence-electron chi connectivity index (χ4n) is 0.250. The van der Waals surface area contributed by atoms with Gasteiger partial charge in [-0.05, 0) is 0 Å². The quantitative estimate of drug-likeness (QED) is 0.470. The predicted molar refractivity (Wildman–Crippen MR) is 27.4 cm³/mol. The number of halogens is 1. The first-order valence-electron chi connectivity index (χ1n) is 2.21. The van der Waals surface area contributed by atoms with Crippen LogP contribution < -0.4 is 0 Å². The van der Waals surface area contributed by atoms with E-state index in [9.17, 15) is 0 Å². The summed E-state index contributed by atoms with van der Waals surface area (Å²) in [5, 5.41) is 0. The van der Waals surface area contributed by atoms with Gasteiger partial charge in [0.1, 0.15) is 0 Å². The second kappa shape index (κ2) is 16.0. The molecule has 0 aromatic rings. The third-order valence-electron chi connectivity index (χ3n) is 0.604. The van der Waals surface area contributed by atoms with E-state index in [1.54, 1.807) is 0 Å². The molecule has 0 saturated heterocycles. The van der Waals surface area contributed by atoms with Gasteiger partial charge in [0.2, 0.25) is 0 Å². The fourth-order valence-corrected chi connectivity index (χ4v) is 0.250. The maximum atomic E-state index is 3.68. The first-order valence-corrected chi connectivity index (χ1v) is 2.21. The summed E-state index contributed by atoms with van der Waals surface area (Å²) in [6.45, 7) is 5.85. The summed E-state index contributed by atoms with van der Waals surface area (Å²) in [6.07, 6.45) is 3.65. The summed E-state index contributed by atoms with van der Waals surface area (Å²) in [7, 11) is 0. The van der Waals surface area contributed by atoms with Crippen LogP contribution in [-0.4, -0.2) is 0 Å². The van der Waals surface area contributed by atoms with Crippen LogP contribution in [0.25, 0.3) is 0 Å². The third kappa shape index (κ3) is 20.7. The maximum absolute atomic E-state index is 3.68. The molecule has 0 heterocycles. The van der Waals surface area contributed by atoms with Crippen LogP contribution in [0.2, 0.25) is 0 Å². The average molecular weight is 198 g/mol. The van der Waals surface area contributed by atoms with Gasteiger partial charge in [0, 0.05) is 20.4 Å². The fraction of sp³-hybridized carbons (Fsp3) is 0.800. The average Bonchev–Trinajstić information content (AvgIpc) is 1.41. The minimum absolute atomic E-state index is 0. The molecule has 0 radical (unpaired) electrons. The Kier molecular flexibility index (Phi) is 35.7. The molecule has 0 amide bonds. The molecule has 0 spiro atoms. The van der Waals surface area contributed by atoms with Gasteiger partial charge in [-0.1, -0.05) is 19.8 Å². The number of rotatable bonds is 2. The number of unbranched alkanes of at least 4 members (excludes halogenated alkanes) is 2. The number of hydrogen-bond donors (Lipinski definition) is 0. The van der Waals surface area contributed by atoms with Gasteiger partial charge in [-0.2, -0.15) is 6.42 Å². The van der Waals surface area contributed by atoms with E-state index in [2.05, 4.69) is 13.8 Å². The molecule has 0 saturated carbocycles. The van der Waals surface area contributed by atoms with Crippen molar-refractivity contribution in [2.24, 2.45) is 0 Å². The Hall–Kier alpha value is 0.592. The normalized spacial score (nSPS) is 6.00. The van der Waals surface area contributed by atoms with Crippen molar-refractivity contribution < 1.29 is 25.1 Å². The first kappa shape index (κ1) is 15.6. The molecular formula is C5H12FPd-. The number of hydrogen-bond acceptors (Lipinski definition) is 0. The van der Waals surface area contributed by atoms with E-state index in [0.717, 1.165) is 6.42 Å². The van der Waals surface area contributed by atoms with E-state index in [4.69, 9.17) is 0 Å². The molecule has 0 aliphatic rings. The van der Waals surface area contributed by atoms with Crippen LogP contribution >= 0.6 is 0 Å². The zero-order chi connectivity index (χ0) is 4.12. The maximum Gasteiger partial charge on any atom is 0 e. The molecule has 50 valence electrons. The Labute approximate surface area is 58.7 Å². The van der Waals surface area contributed by atoms with Gasteiger partial charge in [0.15, 0.2) is 0 Å². The van der Waals surface area contributed by atoms with Crippen molar-refractivity contribution in [3.8, 4) is 0 Å². The standard InChI is InChI=1S/C5H11.FH.Pd/c1-3-5-4-2;;/h1,3-5H2,2H3;1H;/q-1;;. The monoisotopic (exact) mass is 197 g/mol. The Bertz CT molecular complexity index is 15.6. The van der Waals surface area contributed by atoms with E-state index in [1.165, 1.54) is 12.8 Å². The van der Waals surface area contributed by atoms with Crippen LogP contribution in [0.3, 0.4) is 0 Å². The van der Waals surface area contributed by atoms with Crippen LogP contribution in [-0.2, 0) is 20.4 Å². The van der Waals surface area contributed by atoms with Crippen molar-refractivity contribution in [3.05, 3.63) is 6.92 Å². The zero-order valence-electron chi connectivity index (χ0n) is 4.55. The molecule has 0 aliphatic heterocycles. The topological polar surface area (TPSA) is 0 Å². The molecular weight excluding hydrogens is 185 g/mol. The molecule has 0 aliphatic carbocycles. The smallest absolute Gasteiger partial charge is 0 e. The molecule has 2 heteroatoms. The van der Waals surface area contributed by atoms with Crippen molar-refractivity contribution in [3.63, 3.8) is 0 Å². The zero-order valence-corrected chi connectivity index (χ0v) is 6.11. The molecule has 0 aromatic carbocycles. The molecule has 0 nitrogen and oxygen atoms in total. The Morgan fingerprint density at radius 3 is 1.86 bits per heavy atom. The van der Waals surface area contributed by atoms with Crippen molar-refractivity contribution in [2.45, 2.75) is 26.2 Å². The summed E-state index contributed by atoms with van der Waals surface area (Å²) < 4.78 is 0. The molecule has 0 aromatic heterocycles. The third-order valence-corrected chi connectivity index (χ3v) is 0.604. The largest absolute Gasteiger partial charge is 0.343 e. The van der Waals surface area contributed by atoms with Gasteiger partial charge in [-0.25, -0.2) is 0 Å². The van der Waals surface area contributed by atoms with Crippen LogP contribution in [0.5, 0.6) is 0 Å². The van der Waals surface area contributed by atoms with E-state index < -0.39 is 0 Å². The van der Waals surface area contributed by atoms with Crippen molar-refractivity contribution in [1.29, 1.82) is 0 Å². The van der Waals surface area contributed by atoms with Crippen molar-refractivity contribution >= 4 is 0 Å². The summed E-state index contributed by atoms with van der Waals surface area (Å²) in [4.78, 5) is 0. The summed E-state index contributed by atoms with van der Waals surface area (Å²) in [5.74, 6) is 0. The van der Waals surface area contributed by atoms with Crippen molar-refractivity contribution in [2.75, 3.05) is 0 Å². The second-order valence-electron chi connectivity index (χ2n) is 1.21. The van der Waals surface area contributed by atoms with E-state index >= 15 is 0 Å². The van der Waals surface area contributed by atoms with E-state index in [1.807, 2.05) is 0 Å². The van der Waals surface area contributed by atoms with Gasteiger partial charge in [-0.3, -0.25) is 4.70 Å². The molecule has 0 atom stereocenters. The summed E-state index contributed by atoms with van der Waals surface area (Å²) >= 11 is 0. The van der Waals surface area contributed by atoms with Crippen LogP contribution in [0, 0.1) is 6.92 Å². The summed E-state index contributed by atoms with van der Waals surface area (Å²) in [5.41, 5.74) is 0. The van der Waals surface area contributed by atoms with Gasteiger partial charge >= 0.3 is 0 Å². The van der Waals surface area contributed by atoms with Crippen LogP contribution in [0.15, 0.2) is 0 Å². The van der Waals surface area contributed by atoms with Gasteiger partial charge in [0.25, 0.3) is 0 Å². The molecule has 7 heavy (non-hydrogen) atoms. The molecule has 0 bridgehead atoms. The molecule has 0 rings (SSSR count). The van der Waals surface area contributed by atoms with Crippen LogP contribution in [0.1, 0.15) is 26.2 Å². The predicted octanol–water partition coefficient (Wildman–Crippen LogP) is 2.16. The van der Waals surface area contributed by atoms with Gasteiger partial charge in [0.05, 0.1) is 0 Å². The van der Waals surface area contributed by atoms with Crippen LogP contribution in [0.4, 0.5) is 4.70 Å². The SMILES string of the molecule is F.[CH2-]CCCC.[Pd]. The minimum atomic E-state index is 0. The molecule has 0 N–H and O–H groups in total. The summed E-state index contributed by atoms with van der Waals surface area (Å²) in [6, 6.07) is 0. The van der Waals surface area contributed by atoms with E-state index in [0.29, 0.717) is 0 Å². The van der Waals surface area contributed by atoms with Gasteiger partial charge in [-0.15, -0.1) is 0 Å². The Morgan fingerprint density at radius 2 is 1.86 bits per heavy atom. The second-order valence-corrected chi connectivity index (χ2v) is 1.21. The van der Waals surface area contributed by atoms with Crippen molar-refractivity contribution in [1.82, 2.24) is 0 Å². The Morgan fingerprint density at radius 1 is 1.43 bits per heavy atom. The molecule has 0 unspecified atom stereocenters. The molecule has 0 fully saturated rings. The van der Waals surface area contributed by atoms with Gasteiger partial charge < -0.3 is 6.92 Å². The first-order chi connectivity index (χ1) is 2.41. The minimum Gasteiger partial charge on any atom is -0.343 e. The Balaban J connectivity index is -0.0000000800. The van der Waals surface area contributed by atoms with E-state index in [-0.39, 0.29) is 25.1 Å².